The van der Waals surface area contributed by atoms with Gasteiger partial charge in [0.1, 0.15) is 11.8 Å². The molecular weight excluding hydrogens is 263 g/mol. The molecule has 0 saturated heterocycles. The third-order valence-corrected chi connectivity index (χ3v) is 3.25. The zero-order chi connectivity index (χ0) is 13.9. The molecule has 3 nitrogen and oxygen atoms in total. The number of rotatable bonds is 4. The Hall–Kier alpha value is -1.24. The van der Waals surface area contributed by atoms with Gasteiger partial charge < -0.3 is 5.73 Å². The molecule has 3 N–H and O–H groups in total. The number of aromatic nitrogens is 1. The number of nitrogens with two attached hydrogens (primary N) is 1. The summed E-state index contributed by atoms with van der Waals surface area (Å²) in [6.07, 6.45) is -4.49. The predicted octanol–water partition coefficient (Wildman–Crippen LogP) is 2.91. The Bertz CT molecular complexity index is 425. The van der Waals surface area contributed by atoms with E-state index in [9.17, 15) is 13.2 Å². The van der Waals surface area contributed by atoms with Gasteiger partial charge in [-0.2, -0.15) is 13.2 Å². The average Bonchev–Trinajstić information content (AvgIpc) is 2.12. The van der Waals surface area contributed by atoms with Crippen LogP contribution >= 0.6 is 11.8 Å². The lowest BCUT2D eigenvalue weighted by atomic mass is 10.1. The van der Waals surface area contributed by atoms with Crippen LogP contribution in [0.4, 0.5) is 13.2 Å². The monoisotopic (exact) mass is 277 g/mol. The molecule has 0 saturated carbocycles. The molecule has 0 aliphatic heterocycles. The van der Waals surface area contributed by atoms with Gasteiger partial charge in [0.15, 0.2) is 0 Å². The Balaban J connectivity index is 2.76. The summed E-state index contributed by atoms with van der Waals surface area (Å²) in [6, 6.07) is 3.56. The fourth-order valence-electron chi connectivity index (χ4n) is 1.41. The van der Waals surface area contributed by atoms with Crippen molar-refractivity contribution in [1.29, 1.82) is 5.41 Å². The van der Waals surface area contributed by atoms with Crippen LogP contribution in [0.3, 0.4) is 0 Å². The first kappa shape index (κ1) is 14.8. The number of aryl methyl sites for hydroxylation is 2. The Morgan fingerprint density at radius 3 is 2.50 bits per heavy atom. The minimum atomic E-state index is -4.49. The van der Waals surface area contributed by atoms with Crippen molar-refractivity contribution in [2.75, 3.05) is 5.75 Å². The summed E-state index contributed by atoms with van der Waals surface area (Å²) in [5.41, 5.74) is 6.67. The summed E-state index contributed by atoms with van der Waals surface area (Å²) in [4.78, 5) is 4.13. The first-order valence-corrected chi connectivity index (χ1v) is 6.17. The summed E-state index contributed by atoms with van der Waals surface area (Å²) in [6.45, 7) is 3.63. The lowest BCUT2D eigenvalue weighted by molar-refractivity contribution is -0.149. The Kier molecular flexibility index (Phi) is 4.61. The van der Waals surface area contributed by atoms with Crippen molar-refractivity contribution in [3.05, 3.63) is 23.4 Å². The molecule has 0 fully saturated rings. The number of nitrogens with one attached hydrogen (secondary N) is 1. The number of halogens is 3. The predicted molar refractivity (Wildman–Crippen MR) is 65.9 cm³/mol. The number of amidine groups is 1. The van der Waals surface area contributed by atoms with Crippen LogP contribution in [0.5, 0.6) is 0 Å². The molecule has 7 heteroatoms. The summed E-state index contributed by atoms with van der Waals surface area (Å²) >= 11 is 0.960. The summed E-state index contributed by atoms with van der Waals surface area (Å²) in [5, 5.41) is 7.50. The molecule has 1 aromatic heterocycles. The standard InChI is InChI=1S/C11H14F3N3S/c1-6-3-7(2)17-9(4-6)18-5-8(10(15)16)11(12,13)14/h3-4,8H,5H2,1-2H3,(H3,15,16). The highest BCUT2D eigenvalue weighted by Crippen LogP contribution is 2.31. The lowest BCUT2D eigenvalue weighted by Gasteiger charge is -2.18. The van der Waals surface area contributed by atoms with Crippen molar-refractivity contribution in [3.63, 3.8) is 0 Å². The highest BCUT2D eigenvalue weighted by atomic mass is 32.2. The molecule has 0 spiro atoms. The van der Waals surface area contributed by atoms with Gasteiger partial charge >= 0.3 is 6.18 Å². The molecule has 100 valence electrons. The summed E-state index contributed by atoms with van der Waals surface area (Å²) in [7, 11) is 0. The van der Waals surface area contributed by atoms with Crippen LogP contribution in [-0.2, 0) is 0 Å². The van der Waals surface area contributed by atoms with Crippen LogP contribution < -0.4 is 5.73 Å². The number of hydrogen-bond acceptors (Lipinski definition) is 3. The molecule has 0 aromatic carbocycles. The average molecular weight is 277 g/mol. The van der Waals surface area contributed by atoms with E-state index in [1.54, 1.807) is 13.0 Å². The maximum absolute atomic E-state index is 12.6. The molecule has 0 radical (unpaired) electrons. The SMILES string of the molecule is Cc1cc(C)nc(SCC(C(=N)N)C(F)(F)F)c1. The maximum Gasteiger partial charge on any atom is 0.399 e. The summed E-state index contributed by atoms with van der Waals surface area (Å²) < 4.78 is 37.7. The van der Waals surface area contributed by atoms with E-state index < -0.39 is 17.9 Å². The minimum Gasteiger partial charge on any atom is -0.387 e. The third kappa shape index (κ3) is 4.21. The number of thioether (sulfide) groups is 1. The fraction of sp³-hybridized carbons (Fsp3) is 0.455. The van der Waals surface area contributed by atoms with E-state index in [-0.39, 0.29) is 5.75 Å². The van der Waals surface area contributed by atoms with Gasteiger partial charge in [0.05, 0.1) is 5.03 Å². The Labute approximate surface area is 107 Å². The Morgan fingerprint density at radius 2 is 2.06 bits per heavy atom. The van der Waals surface area contributed by atoms with E-state index in [4.69, 9.17) is 11.1 Å². The number of nitrogens with zero attached hydrogens (tertiary/aromatic N) is 1. The van der Waals surface area contributed by atoms with Crippen molar-refractivity contribution in [2.24, 2.45) is 11.7 Å². The molecule has 1 atom stereocenters. The van der Waals surface area contributed by atoms with Gasteiger partial charge in [-0.25, -0.2) is 4.98 Å². The second-order valence-electron chi connectivity index (χ2n) is 3.98. The molecule has 1 aromatic rings. The molecule has 1 unspecified atom stereocenters. The zero-order valence-corrected chi connectivity index (χ0v) is 10.8. The van der Waals surface area contributed by atoms with E-state index in [2.05, 4.69) is 4.98 Å². The topological polar surface area (TPSA) is 62.8 Å². The van der Waals surface area contributed by atoms with E-state index in [0.29, 0.717) is 5.03 Å². The molecule has 0 aliphatic rings. The van der Waals surface area contributed by atoms with Crippen molar-refractivity contribution in [3.8, 4) is 0 Å². The normalized spacial score (nSPS) is 13.4. The Morgan fingerprint density at radius 1 is 1.44 bits per heavy atom. The largest absolute Gasteiger partial charge is 0.399 e. The van der Waals surface area contributed by atoms with Gasteiger partial charge in [-0.15, -0.1) is 11.8 Å². The fourth-order valence-corrected chi connectivity index (χ4v) is 2.59. The third-order valence-electron chi connectivity index (χ3n) is 2.24. The number of pyridine rings is 1. The maximum atomic E-state index is 12.6. The highest BCUT2D eigenvalue weighted by Gasteiger charge is 2.41. The molecular formula is C11H14F3N3S. The van der Waals surface area contributed by atoms with Gasteiger partial charge in [-0.3, -0.25) is 5.41 Å². The quantitative estimate of drug-likeness (QED) is 0.505. The van der Waals surface area contributed by atoms with Crippen molar-refractivity contribution >= 4 is 17.6 Å². The van der Waals surface area contributed by atoms with Crippen LogP contribution in [-0.4, -0.2) is 22.7 Å². The van der Waals surface area contributed by atoms with E-state index in [0.717, 1.165) is 23.0 Å². The van der Waals surface area contributed by atoms with Crippen LogP contribution in [0.25, 0.3) is 0 Å². The van der Waals surface area contributed by atoms with E-state index in [1.807, 2.05) is 13.0 Å². The van der Waals surface area contributed by atoms with Gasteiger partial charge in [0.2, 0.25) is 0 Å². The first-order chi connectivity index (χ1) is 8.20. The van der Waals surface area contributed by atoms with Gasteiger partial charge in [-0.1, -0.05) is 0 Å². The second kappa shape index (κ2) is 5.60. The second-order valence-corrected chi connectivity index (χ2v) is 5.02. The van der Waals surface area contributed by atoms with Crippen molar-refractivity contribution < 1.29 is 13.2 Å². The van der Waals surface area contributed by atoms with Crippen LogP contribution in [0.2, 0.25) is 0 Å². The van der Waals surface area contributed by atoms with Crippen molar-refractivity contribution in [1.82, 2.24) is 4.98 Å². The number of alkyl halides is 3. The molecule has 0 bridgehead atoms. The van der Waals surface area contributed by atoms with E-state index >= 15 is 0 Å². The minimum absolute atomic E-state index is 0.325. The van der Waals surface area contributed by atoms with Crippen LogP contribution in [0.15, 0.2) is 17.2 Å². The first-order valence-electron chi connectivity index (χ1n) is 5.19. The zero-order valence-electron chi connectivity index (χ0n) is 10.0. The lowest BCUT2D eigenvalue weighted by Crippen LogP contribution is -2.37. The van der Waals surface area contributed by atoms with Gasteiger partial charge in [-0.05, 0) is 31.5 Å². The van der Waals surface area contributed by atoms with E-state index in [1.165, 1.54) is 0 Å². The molecule has 1 heterocycles. The summed E-state index contributed by atoms with van der Waals surface area (Å²) in [5.74, 6) is -3.11. The smallest absolute Gasteiger partial charge is 0.387 e. The molecule has 0 amide bonds. The molecule has 0 aliphatic carbocycles. The van der Waals surface area contributed by atoms with Crippen LogP contribution in [0, 0.1) is 25.2 Å². The van der Waals surface area contributed by atoms with Gasteiger partial charge in [0.25, 0.3) is 0 Å². The molecule has 18 heavy (non-hydrogen) atoms. The highest BCUT2D eigenvalue weighted by molar-refractivity contribution is 7.99. The van der Waals surface area contributed by atoms with Crippen molar-refractivity contribution in [2.45, 2.75) is 25.0 Å². The van der Waals surface area contributed by atoms with Crippen LogP contribution in [0.1, 0.15) is 11.3 Å². The number of hydrogen-bond donors (Lipinski definition) is 2. The molecule has 1 rings (SSSR count). The van der Waals surface area contributed by atoms with Gasteiger partial charge in [0, 0.05) is 11.4 Å².